The molecule has 1 aliphatic carbocycles. The SMILES string of the molecule is Cc1cc(N2CCOCC2)n2nc(C3CCCCC3)nc2n1. The molecule has 1 aliphatic heterocycles. The minimum Gasteiger partial charge on any atom is -0.378 e. The maximum absolute atomic E-state index is 5.46. The first kappa shape index (κ1) is 13.9. The van der Waals surface area contributed by atoms with Gasteiger partial charge in [0.2, 0.25) is 0 Å². The van der Waals surface area contributed by atoms with E-state index in [0.717, 1.165) is 49.4 Å². The van der Waals surface area contributed by atoms with Gasteiger partial charge in [0.1, 0.15) is 5.82 Å². The van der Waals surface area contributed by atoms with Crippen LogP contribution in [0.2, 0.25) is 0 Å². The zero-order valence-corrected chi connectivity index (χ0v) is 13.2. The first-order valence-corrected chi connectivity index (χ1v) is 8.38. The molecule has 6 heteroatoms. The minimum atomic E-state index is 0.508. The molecule has 0 N–H and O–H groups in total. The monoisotopic (exact) mass is 301 g/mol. The van der Waals surface area contributed by atoms with Gasteiger partial charge in [-0.2, -0.15) is 9.50 Å². The first-order chi connectivity index (χ1) is 10.8. The second kappa shape index (κ2) is 5.83. The van der Waals surface area contributed by atoms with Crippen molar-refractivity contribution in [3.8, 4) is 0 Å². The number of ether oxygens (including phenoxy) is 1. The lowest BCUT2D eigenvalue weighted by molar-refractivity contribution is 0.122. The highest BCUT2D eigenvalue weighted by Gasteiger charge is 2.23. The van der Waals surface area contributed by atoms with Gasteiger partial charge in [-0.3, -0.25) is 0 Å². The Labute approximate surface area is 130 Å². The van der Waals surface area contributed by atoms with Crippen molar-refractivity contribution in [2.45, 2.75) is 44.9 Å². The third-order valence-corrected chi connectivity index (χ3v) is 4.74. The van der Waals surface area contributed by atoms with Crippen LogP contribution in [0.3, 0.4) is 0 Å². The van der Waals surface area contributed by atoms with Crippen LogP contribution < -0.4 is 4.90 Å². The van der Waals surface area contributed by atoms with Crippen molar-refractivity contribution < 1.29 is 4.74 Å². The van der Waals surface area contributed by atoms with Gasteiger partial charge < -0.3 is 9.64 Å². The third kappa shape index (κ3) is 2.56. The van der Waals surface area contributed by atoms with Crippen molar-refractivity contribution in [1.82, 2.24) is 19.6 Å². The molecule has 0 unspecified atom stereocenters. The van der Waals surface area contributed by atoms with Crippen LogP contribution in [0, 0.1) is 6.92 Å². The van der Waals surface area contributed by atoms with Crippen LogP contribution in [-0.2, 0) is 4.74 Å². The molecule has 0 bridgehead atoms. The van der Waals surface area contributed by atoms with Crippen molar-refractivity contribution in [3.63, 3.8) is 0 Å². The summed E-state index contributed by atoms with van der Waals surface area (Å²) in [6.07, 6.45) is 6.36. The predicted molar refractivity (Wildman–Crippen MR) is 84.4 cm³/mol. The summed E-state index contributed by atoms with van der Waals surface area (Å²) in [4.78, 5) is 11.6. The number of morpholine rings is 1. The molecule has 0 spiro atoms. The second-order valence-corrected chi connectivity index (χ2v) is 6.37. The van der Waals surface area contributed by atoms with Gasteiger partial charge >= 0.3 is 0 Å². The van der Waals surface area contributed by atoms with Gasteiger partial charge in [-0.05, 0) is 19.8 Å². The van der Waals surface area contributed by atoms with E-state index in [1.807, 2.05) is 11.4 Å². The smallest absolute Gasteiger partial charge is 0.254 e. The Morgan fingerprint density at radius 2 is 1.86 bits per heavy atom. The Bertz CT molecular complexity index is 656. The van der Waals surface area contributed by atoms with Gasteiger partial charge in [0.15, 0.2) is 5.82 Å². The topological polar surface area (TPSA) is 55.6 Å². The van der Waals surface area contributed by atoms with Crippen molar-refractivity contribution in [1.29, 1.82) is 0 Å². The molecular weight excluding hydrogens is 278 g/mol. The summed E-state index contributed by atoms with van der Waals surface area (Å²) < 4.78 is 7.39. The molecule has 6 nitrogen and oxygen atoms in total. The third-order valence-electron chi connectivity index (χ3n) is 4.74. The Kier molecular flexibility index (Phi) is 3.70. The molecule has 2 fully saturated rings. The number of fused-ring (bicyclic) bond motifs is 1. The van der Waals surface area contributed by atoms with Gasteiger partial charge in [-0.15, -0.1) is 5.10 Å². The largest absolute Gasteiger partial charge is 0.378 e. The van der Waals surface area contributed by atoms with Crippen molar-refractivity contribution in [2.75, 3.05) is 31.2 Å². The number of hydrogen-bond donors (Lipinski definition) is 0. The molecule has 22 heavy (non-hydrogen) atoms. The minimum absolute atomic E-state index is 0.508. The van der Waals surface area contributed by atoms with Gasteiger partial charge in [0, 0.05) is 30.8 Å². The molecule has 0 aromatic carbocycles. The van der Waals surface area contributed by atoms with Gasteiger partial charge in [0.25, 0.3) is 5.78 Å². The standard InChI is InChI=1S/C16H23N5O/c1-12-11-14(20-7-9-22-10-8-20)21-16(17-12)18-15(19-21)13-5-3-2-4-6-13/h11,13H,2-10H2,1H3. The van der Waals surface area contributed by atoms with Crippen LogP contribution >= 0.6 is 0 Å². The first-order valence-electron chi connectivity index (χ1n) is 8.38. The number of nitrogens with zero attached hydrogens (tertiary/aromatic N) is 5. The maximum atomic E-state index is 5.46. The predicted octanol–water partition coefficient (Wildman–Crippen LogP) is 2.32. The number of hydrogen-bond acceptors (Lipinski definition) is 5. The molecule has 2 aliphatic rings. The average Bonchev–Trinajstić information content (AvgIpc) is 2.99. The fraction of sp³-hybridized carbons (Fsp3) is 0.688. The van der Waals surface area contributed by atoms with E-state index < -0.39 is 0 Å². The molecule has 2 aromatic rings. The summed E-state index contributed by atoms with van der Waals surface area (Å²) in [5, 5.41) is 4.81. The highest BCUT2D eigenvalue weighted by Crippen LogP contribution is 2.31. The fourth-order valence-electron chi connectivity index (χ4n) is 3.53. The zero-order valence-electron chi connectivity index (χ0n) is 13.2. The van der Waals surface area contributed by atoms with Crippen LogP contribution in [0.25, 0.3) is 5.78 Å². The highest BCUT2D eigenvalue weighted by molar-refractivity contribution is 5.48. The van der Waals surface area contributed by atoms with Gasteiger partial charge in [-0.1, -0.05) is 19.3 Å². The molecular formula is C16H23N5O. The van der Waals surface area contributed by atoms with E-state index in [-0.39, 0.29) is 0 Å². The second-order valence-electron chi connectivity index (χ2n) is 6.37. The van der Waals surface area contributed by atoms with Crippen molar-refractivity contribution in [3.05, 3.63) is 17.6 Å². The van der Waals surface area contributed by atoms with Crippen LogP contribution in [0.15, 0.2) is 6.07 Å². The van der Waals surface area contributed by atoms with Crippen molar-refractivity contribution in [2.24, 2.45) is 0 Å². The Morgan fingerprint density at radius 3 is 2.64 bits per heavy atom. The molecule has 0 atom stereocenters. The summed E-state index contributed by atoms with van der Waals surface area (Å²) >= 11 is 0. The summed E-state index contributed by atoms with van der Waals surface area (Å²) in [5.41, 5.74) is 0.997. The Morgan fingerprint density at radius 1 is 1.09 bits per heavy atom. The van der Waals surface area contributed by atoms with E-state index in [9.17, 15) is 0 Å². The Hall–Kier alpha value is -1.69. The van der Waals surface area contributed by atoms with E-state index in [4.69, 9.17) is 14.8 Å². The normalized spacial score (nSPS) is 20.7. The van der Waals surface area contributed by atoms with E-state index in [0.29, 0.717) is 5.92 Å². The van der Waals surface area contributed by atoms with Gasteiger partial charge in [0.05, 0.1) is 13.2 Å². The molecule has 1 saturated carbocycles. The molecule has 4 rings (SSSR count). The summed E-state index contributed by atoms with van der Waals surface area (Å²) in [6.45, 7) is 5.37. The van der Waals surface area contributed by atoms with E-state index in [1.165, 1.54) is 32.1 Å². The van der Waals surface area contributed by atoms with Crippen molar-refractivity contribution >= 4 is 11.6 Å². The fourth-order valence-corrected chi connectivity index (χ4v) is 3.53. The van der Waals surface area contributed by atoms with E-state index in [1.54, 1.807) is 0 Å². The van der Waals surface area contributed by atoms with Crippen LogP contribution in [-0.4, -0.2) is 45.9 Å². The number of aryl methyl sites for hydroxylation is 1. The lowest BCUT2D eigenvalue weighted by Crippen LogP contribution is -2.37. The van der Waals surface area contributed by atoms with Gasteiger partial charge in [-0.25, -0.2) is 4.98 Å². The molecule has 118 valence electrons. The van der Waals surface area contributed by atoms with E-state index in [2.05, 4.69) is 16.0 Å². The molecule has 0 radical (unpaired) electrons. The van der Waals surface area contributed by atoms with Crippen LogP contribution in [0.5, 0.6) is 0 Å². The quantitative estimate of drug-likeness (QED) is 0.852. The summed E-state index contributed by atoms with van der Waals surface area (Å²) in [6, 6.07) is 2.11. The number of rotatable bonds is 2. The Balaban J connectivity index is 1.73. The number of anilines is 1. The molecule has 1 saturated heterocycles. The summed E-state index contributed by atoms with van der Waals surface area (Å²) in [5.74, 6) is 3.32. The highest BCUT2D eigenvalue weighted by atomic mass is 16.5. The maximum Gasteiger partial charge on any atom is 0.254 e. The molecule has 3 heterocycles. The van der Waals surface area contributed by atoms with Crippen LogP contribution in [0.1, 0.15) is 49.5 Å². The zero-order chi connectivity index (χ0) is 14.9. The lowest BCUT2D eigenvalue weighted by Gasteiger charge is -2.28. The molecule has 2 aromatic heterocycles. The number of aromatic nitrogens is 4. The van der Waals surface area contributed by atoms with Crippen LogP contribution in [0.4, 0.5) is 5.82 Å². The van der Waals surface area contributed by atoms with E-state index >= 15 is 0 Å². The molecule has 0 amide bonds. The average molecular weight is 301 g/mol. The summed E-state index contributed by atoms with van der Waals surface area (Å²) in [7, 11) is 0. The lowest BCUT2D eigenvalue weighted by atomic mass is 9.89.